The molecule has 3 aromatic rings. The SMILES string of the molecule is Cc1ccc(C(=Nc2ccc(C)c(Cl)c2)N(O)c2ccc(Cl)cc2)cc1. The molecule has 0 saturated heterocycles. The second-order valence-corrected chi connectivity index (χ2v) is 6.87. The smallest absolute Gasteiger partial charge is 0.165 e. The fourth-order valence-electron chi connectivity index (χ4n) is 2.42. The Morgan fingerprint density at radius 1 is 0.885 bits per heavy atom. The van der Waals surface area contributed by atoms with E-state index >= 15 is 0 Å². The summed E-state index contributed by atoms with van der Waals surface area (Å²) in [5.41, 5.74) is 4.10. The van der Waals surface area contributed by atoms with E-state index in [1.807, 2.05) is 50.2 Å². The highest BCUT2D eigenvalue weighted by Crippen LogP contribution is 2.25. The summed E-state index contributed by atoms with van der Waals surface area (Å²) in [6.45, 7) is 3.94. The van der Waals surface area contributed by atoms with Gasteiger partial charge in [0.2, 0.25) is 0 Å². The summed E-state index contributed by atoms with van der Waals surface area (Å²) in [5.74, 6) is 0.396. The molecule has 0 heterocycles. The number of anilines is 1. The normalized spacial score (nSPS) is 11.5. The minimum atomic E-state index is 0.396. The maximum absolute atomic E-state index is 10.8. The predicted molar refractivity (Wildman–Crippen MR) is 109 cm³/mol. The number of hydrogen-bond acceptors (Lipinski definition) is 2. The van der Waals surface area contributed by atoms with Crippen molar-refractivity contribution in [2.45, 2.75) is 13.8 Å². The molecule has 0 atom stereocenters. The molecule has 1 N–H and O–H groups in total. The monoisotopic (exact) mass is 384 g/mol. The van der Waals surface area contributed by atoms with E-state index in [0.717, 1.165) is 21.8 Å². The van der Waals surface area contributed by atoms with Crippen LogP contribution in [-0.2, 0) is 0 Å². The van der Waals surface area contributed by atoms with Gasteiger partial charge in [-0.05, 0) is 55.8 Å². The molecule has 0 spiro atoms. The van der Waals surface area contributed by atoms with Crippen LogP contribution < -0.4 is 5.06 Å². The van der Waals surface area contributed by atoms with Crippen molar-refractivity contribution in [2.75, 3.05) is 5.06 Å². The number of nitrogens with zero attached hydrogens (tertiary/aromatic N) is 2. The molecule has 0 radical (unpaired) electrons. The average Bonchev–Trinajstić information content (AvgIpc) is 2.63. The van der Waals surface area contributed by atoms with Gasteiger partial charge >= 0.3 is 0 Å². The molecule has 132 valence electrons. The van der Waals surface area contributed by atoms with Crippen molar-refractivity contribution >= 4 is 40.4 Å². The van der Waals surface area contributed by atoms with Crippen LogP contribution >= 0.6 is 23.2 Å². The lowest BCUT2D eigenvalue weighted by atomic mass is 10.1. The molecule has 0 aliphatic rings. The number of amidine groups is 1. The topological polar surface area (TPSA) is 35.8 Å². The second-order valence-electron chi connectivity index (χ2n) is 6.02. The van der Waals surface area contributed by atoms with Gasteiger partial charge in [-0.3, -0.25) is 5.21 Å². The molecule has 5 heteroatoms. The van der Waals surface area contributed by atoms with E-state index in [-0.39, 0.29) is 0 Å². The Hall–Kier alpha value is -2.33. The van der Waals surface area contributed by atoms with Gasteiger partial charge in [-0.2, -0.15) is 0 Å². The Balaban J connectivity index is 2.08. The number of hydroxylamine groups is 1. The Morgan fingerprint density at radius 3 is 2.15 bits per heavy atom. The molecule has 3 nitrogen and oxygen atoms in total. The Labute approximate surface area is 163 Å². The van der Waals surface area contributed by atoms with E-state index in [9.17, 15) is 5.21 Å². The number of rotatable bonds is 3. The number of benzene rings is 3. The van der Waals surface area contributed by atoms with Crippen molar-refractivity contribution in [1.82, 2.24) is 0 Å². The standard InChI is InChI=1S/C21H18Cl2N2O/c1-14-3-6-16(7-4-14)21(24-18-10-5-15(2)20(23)13-18)25(26)19-11-8-17(22)9-12-19/h3-13,26H,1-2H3. The van der Waals surface area contributed by atoms with Crippen molar-refractivity contribution in [2.24, 2.45) is 4.99 Å². The summed E-state index contributed by atoms with van der Waals surface area (Å²) < 4.78 is 0. The zero-order valence-corrected chi connectivity index (χ0v) is 16.0. The van der Waals surface area contributed by atoms with E-state index in [1.165, 1.54) is 0 Å². The predicted octanol–water partition coefficient (Wildman–Crippen LogP) is 6.58. The maximum Gasteiger partial charge on any atom is 0.165 e. The van der Waals surface area contributed by atoms with Crippen molar-refractivity contribution in [3.05, 3.63) is 93.5 Å². The molecule has 0 bridgehead atoms. The molecule has 26 heavy (non-hydrogen) atoms. The van der Waals surface area contributed by atoms with Crippen LogP contribution in [0, 0.1) is 13.8 Å². The van der Waals surface area contributed by atoms with Gasteiger partial charge in [-0.25, -0.2) is 10.1 Å². The van der Waals surface area contributed by atoms with E-state index in [4.69, 9.17) is 23.2 Å². The maximum atomic E-state index is 10.8. The first kappa shape index (κ1) is 18.5. The van der Waals surface area contributed by atoms with Crippen LogP contribution in [0.15, 0.2) is 71.7 Å². The minimum Gasteiger partial charge on any atom is -0.282 e. The fraction of sp³-hybridized carbons (Fsp3) is 0.0952. The van der Waals surface area contributed by atoms with Crippen LogP contribution in [-0.4, -0.2) is 11.0 Å². The summed E-state index contributed by atoms with van der Waals surface area (Å²) >= 11 is 12.2. The number of aryl methyl sites for hydroxylation is 2. The Bertz CT molecular complexity index is 935. The Kier molecular flexibility index (Phi) is 5.62. The second kappa shape index (κ2) is 7.92. The zero-order chi connectivity index (χ0) is 18.7. The van der Waals surface area contributed by atoms with Gasteiger partial charge < -0.3 is 0 Å². The van der Waals surface area contributed by atoms with Gasteiger partial charge in [0.15, 0.2) is 5.84 Å². The van der Waals surface area contributed by atoms with Crippen LogP contribution in [0.25, 0.3) is 0 Å². The van der Waals surface area contributed by atoms with Crippen LogP contribution in [0.5, 0.6) is 0 Å². The van der Waals surface area contributed by atoms with Gasteiger partial charge in [0.1, 0.15) is 0 Å². The minimum absolute atomic E-state index is 0.396. The van der Waals surface area contributed by atoms with E-state index in [2.05, 4.69) is 4.99 Å². The largest absolute Gasteiger partial charge is 0.282 e. The van der Waals surface area contributed by atoms with E-state index in [0.29, 0.717) is 27.3 Å². The van der Waals surface area contributed by atoms with Gasteiger partial charge in [0.05, 0.1) is 11.4 Å². The summed E-state index contributed by atoms with van der Waals surface area (Å²) in [4.78, 5) is 4.63. The number of aliphatic imine (C=N–C) groups is 1. The summed E-state index contributed by atoms with van der Waals surface area (Å²) in [5, 5.41) is 13.1. The zero-order valence-electron chi connectivity index (χ0n) is 14.4. The number of halogens is 2. The first-order valence-corrected chi connectivity index (χ1v) is 8.86. The van der Waals surface area contributed by atoms with Crippen LogP contribution in [0.2, 0.25) is 10.0 Å². The molecule has 3 rings (SSSR count). The first-order valence-electron chi connectivity index (χ1n) is 8.10. The van der Waals surface area contributed by atoms with Gasteiger partial charge in [-0.15, -0.1) is 0 Å². The van der Waals surface area contributed by atoms with Crippen LogP contribution in [0.1, 0.15) is 16.7 Å². The molecule has 0 aliphatic carbocycles. The molecule has 0 aromatic heterocycles. The van der Waals surface area contributed by atoms with Crippen molar-refractivity contribution < 1.29 is 5.21 Å². The highest BCUT2D eigenvalue weighted by atomic mass is 35.5. The third-order valence-corrected chi connectivity index (χ3v) is 4.63. The molecule has 0 unspecified atom stereocenters. The van der Waals surface area contributed by atoms with Gasteiger partial charge in [-0.1, -0.05) is 59.1 Å². The highest BCUT2D eigenvalue weighted by Gasteiger charge is 2.14. The lowest BCUT2D eigenvalue weighted by Gasteiger charge is -2.20. The first-order chi connectivity index (χ1) is 12.4. The molecule has 3 aromatic carbocycles. The number of hydrogen-bond donors (Lipinski definition) is 1. The third kappa shape index (κ3) is 4.25. The highest BCUT2D eigenvalue weighted by molar-refractivity contribution is 6.31. The van der Waals surface area contributed by atoms with Crippen molar-refractivity contribution in [3.8, 4) is 0 Å². The molecule has 0 amide bonds. The average molecular weight is 385 g/mol. The van der Waals surface area contributed by atoms with Crippen LogP contribution in [0.3, 0.4) is 0 Å². The Morgan fingerprint density at radius 2 is 1.54 bits per heavy atom. The van der Waals surface area contributed by atoms with Crippen LogP contribution in [0.4, 0.5) is 11.4 Å². The van der Waals surface area contributed by atoms with Crippen molar-refractivity contribution in [3.63, 3.8) is 0 Å². The lowest BCUT2D eigenvalue weighted by Crippen LogP contribution is -2.27. The quantitative estimate of drug-likeness (QED) is 0.314. The lowest BCUT2D eigenvalue weighted by molar-refractivity contribution is 0.313. The third-order valence-electron chi connectivity index (χ3n) is 3.97. The van der Waals surface area contributed by atoms with Gasteiger partial charge in [0.25, 0.3) is 0 Å². The summed E-state index contributed by atoms with van der Waals surface area (Å²) in [6.07, 6.45) is 0. The molecule has 0 saturated carbocycles. The molecule has 0 aliphatic heterocycles. The molecule has 0 fully saturated rings. The summed E-state index contributed by atoms with van der Waals surface area (Å²) in [7, 11) is 0. The molecular formula is C21H18Cl2N2O. The summed E-state index contributed by atoms with van der Waals surface area (Å²) in [6, 6.07) is 20.2. The van der Waals surface area contributed by atoms with E-state index < -0.39 is 0 Å². The van der Waals surface area contributed by atoms with Crippen molar-refractivity contribution in [1.29, 1.82) is 0 Å². The fourth-order valence-corrected chi connectivity index (χ4v) is 2.72. The van der Waals surface area contributed by atoms with E-state index in [1.54, 1.807) is 30.3 Å². The van der Waals surface area contributed by atoms with Gasteiger partial charge in [0, 0.05) is 15.6 Å². The molecular weight excluding hydrogens is 367 g/mol.